The maximum Gasteiger partial charge on any atom is 0.270 e. The monoisotopic (exact) mass is 505 g/mol. The molecule has 10 heteroatoms. The minimum absolute atomic E-state index is 0. The van der Waals surface area contributed by atoms with Crippen LogP contribution in [0.5, 0.6) is 0 Å². The number of aliphatic hydroxyl groups is 1. The maximum atomic E-state index is 12.6. The quantitative estimate of drug-likeness (QED) is 0.597. The summed E-state index contributed by atoms with van der Waals surface area (Å²) in [6.07, 6.45) is 4.47. The number of carbonyl (C=O) groups is 2. The van der Waals surface area contributed by atoms with Crippen LogP contribution in [-0.4, -0.2) is 75.5 Å². The molecule has 34 heavy (non-hydrogen) atoms. The predicted molar refractivity (Wildman–Crippen MR) is 137 cm³/mol. The number of aromatic nitrogens is 2. The Balaban J connectivity index is 0.00000324. The molecule has 4 rings (SSSR count). The van der Waals surface area contributed by atoms with Crippen LogP contribution in [0.3, 0.4) is 0 Å². The van der Waals surface area contributed by atoms with E-state index in [2.05, 4.69) is 32.5 Å². The van der Waals surface area contributed by atoms with E-state index in [0.717, 1.165) is 57.6 Å². The molecule has 1 atom stereocenters. The van der Waals surface area contributed by atoms with Gasteiger partial charge >= 0.3 is 0 Å². The van der Waals surface area contributed by atoms with Crippen LogP contribution in [0.2, 0.25) is 0 Å². The number of fused-ring (bicyclic) bond motifs is 1. The summed E-state index contributed by atoms with van der Waals surface area (Å²) in [4.78, 5) is 38.1. The number of likely N-dealkylation sites (tertiary alicyclic amines) is 1. The average molecular weight is 506 g/mol. The number of aliphatic hydroxyl groups excluding tert-OH is 1. The molecule has 8 nitrogen and oxygen atoms in total. The Labute approximate surface area is 212 Å². The number of nitrogens with zero attached hydrogens (tertiary/aromatic N) is 4. The third-order valence-electron chi connectivity index (χ3n) is 6.72. The highest BCUT2D eigenvalue weighted by molar-refractivity contribution is 7.59. The van der Waals surface area contributed by atoms with Crippen molar-refractivity contribution >= 4 is 36.6 Å². The summed E-state index contributed by atoms with van der Waals surface area (Å²) in [5, 5.41) is 15.5. The Morgan fingerprint density at radius 2 is 2.03 bits per heavy atom. The first kappa shape index (κ1) is 26.6. The van der Waals surface area contributed by atoms with Gasteiger partial charge in [-0.15, -0.1) is 11.3 Å². The number of piperidine rings is 1. The van der Waals surface area contributed by atoms with E-state index < -0.39 is 6.10 Å². The molecule has 0 radical (unpaired) electrons. The molecule has 0 spiro atoms. The van der Waals surface area contributed by atoms with Crippen molar-refractivity contribution in [2.24, 2.45) is 5.92 Å². The first-order valence-corrected chi connectivity index (χ1v) is 12.6. The fourth-order valence-corrected chi connectivity index (χ4v) is 5.87. The second-order valence-electron chi connectivity index (χ2n) is 9.22. The average Bonchev–Trinajstić information content (AvgIpc) is 3.18. The Morgan fingerprint density at radius 3 is 2.76 bits per heavy atom. The molecule has 2 aliphatic heterocycles. The molecule has 2 amide bonds. The van der Waals surface area contributed by atoms with Crippen LogP contribution in [0.25, 0.3) is 0 Å². The van der Waals surface area contributed by atoms with Gasteiger partial charge in [0.2, 0.25) is 5.91 Å². The van der Waals surface area contributed by atoms with Crippen LogP contribution < -0.4 is 5.32 Å². The lowest BCUT2D eigenvalue weighted by Crippen LogP contribution is -2.42. The summed E-state index contributed by atoms with van der Waals surface area (Å²) in [5.41, 5.74) is 3.99. The lowest BCUT2D eigenvalue weighted by Gasteiger charge is -2.31. The second-order valence-corrected chi connectivity index (χ2v) is 10.2. The normalized spacial score (nSPS) is 17.6. The van der Waals surface area contributed by atoms with E-state index in [9.17, 15) is 14.7 Å². The third kappa shape index (κ3) is 6.78. The van der Waals surface area contributed by atoms with Gasteiger partial charge in [0.05, 0.1) is 6.10 Å². The minimum Gasteiger partial charge on any atom is -0.390 e. The number of thiophene rings is 1. The highest BCUT2D eigenvalue weighted by atomic mass is 32.1. The summed E-state index contributed by atoms with van der Waals surface area (Å²) in [6, 6.07) is 1.74. The van der Waals surface area contributed by atoms with Gasteiger partial charge in [-0.05, 0) is 61.1 Å². The number of nitrogens with one attached hydrogen (secondary N) is 1. The van der Waals surface area contributed by atoms with Gasteiger partial charge in [0.15, 0.2) is 0 Å². The van der Waals surface area contributed by atoms with Gasteiger partial charge < -0.3 is 15.3 Å². The number of rotatable bonds is 7. The largest absolute Gasteiger partial charge is 0.390 e. The Hall–Kier alpha value is -2.01. The van der Waals surface area contributed by atoms with E-state index in [1.54, 1.807) is 24.3 Å². The Bertz CT molecular complexity index is 991. The first-order valence-electron chi connectivity index (χ1n) is 11.7. The highest BCUT2D eigenvalue weighted by Gasteiger charge is 2.23. The number of carbonyl (C=O) groups excluding carboxylic acids is 2. The summed E-state index contributed by atoms with van der Waals surface area (Å²) in [7, 11) is 0. The van der Waals surface area contributed by atoms with Gasteiger partial charge in [-0.2, -0.15) is 13.5 Å². The van der Waals surface area contributed by atoms with Crippen LogP contribution in [0.1, 0.15) is 52.0 Å². The molecule has 0 unspecified atom stereocenters. The van der Waals surface area contributed by atoms with Crippen molar-refractivity contribution in [2.45, 2.75) is 52.2 Å². The number of hydrogen-bond donors (Lipinski definition) is 2. The molecule has 0 aliphatic carbocycles. The summed E-state index contributed by atoms with van der Waals surface area (Å²) in [5.74, 6) is 0.285. The zero-order valence-corrected chi connectivity index (χ0v) is 21.7. The van der Waals surface area contributed by atoms with Gasteiger partial charge in [0.25, 0.3) is 5.91 Å². The number of β-amino-alcohol motifs (C(OH)–C–C–N with tert-alkyl or cyclic N) is 1. The van der Waals surface area contributed by atoms with Crippen molar-refractivity contribution in [3.8, 4) is 0 Å². The molecule has 2 aromatic rings. The summed E-state index contributed by atoms with van der Waals surface area (Å²) in [6.45, 7) is 7.83. The number of hydrogen-bond acceptors (Lipinski definition) is 7. The lowest BCUT2D eigenvalue weighted by molar-refractivity contribution is -0.130. The van der Waals surface area contributed by atoms with Crippen molar-refractivity contribution in [2.75, 3.05) is 32.7 Å². The Kier molecular flexibility index (Phi) is 9.47. The van der Waals surface area contributed by atoms with Crippen molar-refractivity contribution in [3.63, 3.8) is 0 Å². The van der Waals surface area contributed by atoms with Gasteiger partial charge in [-0.25, -0.2) is 9.97 Å². The second kappa shape index (κ2) is 12.1. The van der Waals surface area contributed by atoms with Crippen LogP contribution in [0, 0.1) is 12.8 Å². The molecule has 1 fully saturated rings. The van der Waals surface area contributed by atoms with Gasteiger partial charge in [0.1, 0.15) is 12.0 Å². The van der Waals surface area contributed by atoms with Gasteiger partial charge in [-0.1, -0.05) is 0 Å². The van der Waals surface area contributed by atoms with E-state index in [-0.39, 0.29) is 31.9 Å². The van der Waals surface area contributed by atoms with Crippen LogP contribution >= 0.6 is 24.8 Å². The van der Waals surface area contributed by atoms with Gasteiger partial charge in [0, 0.05) is 56.8 Å². The van der Waals surface area contributed by atoms with E-state index in [1.165, 1.54) is 22.3 Å². The minimum atomic E-state index is -0.635. The molecular weight excluding hydrogens is 470 g/mol. The van der Waals surface area contributed by atoms with Crippen molar-refractivity contribution < 1.29 is 14.7 Å². The molecule has 2 aromatic heterocycles. The van der Waals surface area contributed by atoms with Crippen LogP contribution in [0.15, 0.2) is 17.8 Å². The molecule has 2 N–H and O–H groups in total. The lowest BCUT2D eigenvalue weighted by atomic mass is 9.92. The molecule has 1 saturated heterocycles. The number of aryl methyl sites for hydroxylation is 1. The zero-order valence-electron chi connectivity index (χ0n) is 19.9. The molecule has 0 saturated carbocycles. The number of amides is 2. The molecule has 4 heterocycles. The summed E-state index contributed by atoms with van der Waals surface area (Å²) >= 11 is 1.79. The topological polar surface area (TPSA) is 98.7 Å². The standard InChI is InChI=1S/C24H33N5O3S.H2S/c1-16-14-33-23-13-28(6-5-21(16)23)12-20(31)11-25-24(32)22-10-19(26-15-27-22)9-18-3-7-29(8-4-18)17(2)30;/h10,14-15,18,20,31H,3-9,11-13H2,1-2H3,(H,25,32);1H2/t20-;/m0./s1. The van der Waals surface area contributed by atoms with Crippen LogP contribution in [-0.2, 0) is 24.2 Å². The first-order chi connectivity index (χ1) is 15.9. The van der Waals surface area contributed by atoms with E-state index in [1.807, 2.05) is 4.90 Å². The van der Waals surface area contributed by atoms with E-state index >= 15 is 0 Å². The predicted octanol–water partition coefficient (Wildman–Crippen LogP) is 1.91. The molecule has 0 bridgehead atoms. The molecule has 186 valence electrons. The van der Waals surface area contributed by atoms with Crippen LogP contribution in [0.4, 0.5) is 0 Å². The van der Waals surface area contributed by atoms with E-state index in [4.69, 9.17) is 0 Å². The third-order valence-corrected chi connectivity index (χ3v) is 7.85. The van der Waals surface area contributed by atoms with Crippen molar-refractivity contribution in [1.82, 2.24) is 25.1 Å². The van der Waals surface area contributed by atoms with E-state index in [0.29, 0.717) is 18.2 Å². The molecular formula is C24H35N5O3S2. The highest BCUT2D eigenvalue weighted by Crippen LogP contribution is 2.28. The van der Waals surface area contributed by atoms with Crippen molar-refractivity contribution in [3.05, 3.63) is 45.2 Å². The SMILES string of the molecule is CC(=O)N1CCC(Cc2cc(C(=O)NC[C@H](O)CN3CCc4c(C)csc4C3)ncn2)CC1.S. The van der Waals surface area contributed by atoms with Crippen molar-refractivity contribution in [1.29, 1.82) is 0 Å². The fraction of sp³-hybridized carbons (Fsp3) is 0.583. The molecule has 0 aromatic carbocycles. The Morgan fingerprint density at radius 1 is 1.26 bits per heavy atom. The summed E-state index contributed by atoms with van der Waals surface area (Å²) < 4.78 is 0. The smallest absolute Gasteiger partial charge is 0.270 e. The fourth-order valence-electron chi connectivity index (χ4n) is 4.74. The zero-order chi connectivity index (χ0) is 23.4. The molecule has 2 aliphatic rings. The van der Waals surface area contributed by atoms with Gasteiger partial charge in [-0.3, -0.25) is 14.5 Å². The maximum absolute atomic E-state index is 12.6.